The Labute approximate surface area is 126 Å². The lowest BCUT2D eigenvalue weighted by Crippen LogP contribution is -2.40. The molecule has 1 aromatic rings. The van der Waals surface area contributed by atoms with Crippen molar-refractivity contribution in [1.29, 1.82) is 0 Å². The van der Waals surface area contributed by atoms with E-state index in [9.17, 15) is 17.4 Å². The highest BCUT2D eigenvalue weighted by Gasteiger charge is 2.20. The number of carboxylic acid groups (broad SMARTS) is 1. The maximum Gasteiger partial charge on any atom is 0.335 e. The molecule has 1 saturated heterocycles. The van der Waals surface area contributed by atoms with Crippen LogP contribution < -0.4 is 0 Å². The first-order valence-corrected chi connectivity index (χ1v) is 9.66. The fraction of sp³-hybridized carbons (Fsp3) is 0.462. The molecule has 21 heavy (non-hydrogen) atoms. The van der Waals surface area contributed by atoms with Crippen molar-refractivity contribution in [2.24, 2.45) is 0 Å². The maximum absolute atomic E-state index is 12.2. The second kappa shape index (κ2) is 6.67. The van der Waals surface area contributed by atoms with Gasteiger partial charge in [0.05, 0.1) is 16.2 Å². The zero-order chi connectivity index (χ0) is 15.5. The molecule has 0 radical (unpaired) electrons. The summed E-state index contributed by atoms with van der Waals surface area (Å²) in [6.07, 6.45) is 0. The fourth-order valence-corrected chi connectivity index (χ4v) is 4.54. The Morgan fingerprint density at radius 3 is 2.57 bits per heavy atom. The molecule has 1 aliphatic heterocycles. The molecule has 6 nitrogen and oxygen atoms in total. The van der Waals surface area contributed by atoms with Crippen LogP contribution in [-0.4, -0.2) is 65.5 Å². The molecular weight excluding hydrogens is 314 g/mol. The highest BCUT2D eigenvalue weighted by atomic mass is 32.2. The minimum Gasteiger partial charge on any atom is -0.478 e. The first-order valence-electron chi connectivity index (χ1n) is 6.52. The first kappa shape index (κ1) is 16.1. The Kier molecular flexibility index (Phi) is 5.13. The van der Waals surface area contributed by atoms with Gasteiger partial charge in [-0.2, -0.15) is 0 Å². The summed E-state index contributed by atoms with van der Waals surface area (Å²) >= 11 is 0. The van der Waals surface area contributed by atoms with Gasteiger partial charge >= 0.3 is 5.97 Å². The van der Waals surface area contributed by atoms with Gasteiger partial charge in [-0.1, -0.05) is 6.07 Å². The number of hydrogen-bond donors (Lipinski definition) is 1. The van der Waals surface area contributed by atoms with Crippen LogP contribution in [0, 0.1) is 0 Å². The Balaban J connectivity index is 2.03. The van der Waals surface area contributed by atoms with Gasteiger partial charge in [0.1, 0.15) is 0 Å². The minimum atomic E-state index is -3.51. The molecule has 1 aromatic carbocycles. The predicted molar refractivity (Wildman–Crippen MR) is 79.8 cm³/mol. The maximum atomic E-state index is 12.2. The average Bonchev–Trinajstić information content (AvgIpc) is 2.47. The number of carbonyl (C=O) groups is 1. The third kappa shape index (κ3) is 4.36. The molecule has 8 heteroatoms. The standard InChI is InChI=1S/C13H17NO5S2/c15-13(16)11-2-1-3-12(10-11)21(18,19)9-6-14-4-7-20(17)8-5-14/h1-3,10H,4-9H2,(H,15,16). The number of aromatic carboxylic acids is 1. The van der Waals surface area contributed by atoms with Crippen LogP contribution in [0.25, 0.3) is 0 Å². The molecule has 0 amide bonds. The third-order valence-electron chi connectivity index (χ3n) is 3.39. The molecule has 0 unspecified atom stereocenters. The van der Waals surface area contributed by atoms with Gasteiger partial charge in [0.25, 0.3) is 0 Å². The van der Waals surface area contributed by atoms with E-state index in [0.717, 1.165) is 0 Å². The monoisotopic (exact) mass is 331 g/mol. The summed E-state index contributed by atoms with van der Waals surface area (Å²) in [5, 5.41) is 8.90. The summed E-state index contributed by atoms with van der Waals surface area (Å²) in [6, 6.07) is 5.39. The fourth-order valence-electron chi connectivity index (χ4n) is 2.09. The van der Waals surface area contributed by atoms with Gasteiger partial charge in [-0.05, 0) is 18.2 Å². The SMILES string of the molecule is O=C(O)c1cccc(S(=O)(=O)CCN2CCS(=O)CC2)c1. The third-order valence-corrected chi connectivity index (χ3v) is 6.35. The first-order chi connectivity index (χ1) is 9.88. The van der Waals surface area contributed by atoms with Crippen LogP contribution in [0.1, 0.15) is 10.4 Å². The zero-order valence-corrected chi connectivity index (χ0v) is 13.0. The van der Waals surface area contributed by atoms with Crippen molar-refractivity contribution < 1.29 is 22.5 Å². The largest absolute Gasteiger partial charge is 0.478 e. The lowest BCUT2D eigenvalue weighted by molar-refractivity contribution is 0.0696. The molecule has 2 rings (SSSR count). The molecule has 0 aliphatic carbocycles. The zero-order valence-electron chi connectivity index (χ0n) is 11.4. The number of hydrogen-bond acceptors (Lipinski definition) is 5. The van der Waals surface area contributed by atoms with Gasteiger partial charge in [0.2, 0.25) is 0 Å². The predicted octanol–water partition coefficient (Wildman–Crippen LogP) is 0.223. The number of benzene rings is 1. The van der Waals surface area contributed by atoms with E-state index in [2.05, 4.69) is 0 Å². The highest BCUT2D eigenvalue weighted by molar-refractivity contribution is 7.91. The molecule has 0 atom stereocenters. The van der Waals surface area contributed by atoms with E-state index in [1.807, 2.05) is 4.90 Å². The smallest absolute Gasteiger partial charge is 0.335 e. The Morgan fingerprint density at radius 2 is 1.95 bits per heavy atom. The van der Waals surface area contributed by atoms with Crippen LogP contribution >= 0.6 is 0 Å². The van der Waals surface area contributed by atoms with E-state index in [1.54, 1.807) is 0 Å². The van der Waals surface area contributed by atoms with Crippen LogP contribution in [0.4, 0.5) is 0 Å². The van der Waals surface area contributed by atoms with Crippen LogP contribution in [0.15, 0.2) is 29.2 Å². The lowest BCUT2D eigenvalue weighted by Gasteiger charge is -2.25. The average molecular weight is 331 g/mol. The van der Waals surface area contributed by atoms with Crippen LogP contribution in [0.5, 0.6) is 0 Å². The molecule has 1 aliphatic rings. The number of sulfone groups is 1. The lowest BCUT2D eigenvalue weighted by atomic mass is 10.2. The van der Waals surface area contributed by atoms with Crippen molar-refractivity contribution in [1.82, 2.24) is 4.90 Å². The minimum absolute atomic E-state index is 0.0305. The summed E-state index contributed by atoms with van der Waals surface area (Å²) in [7, 11) is -4.30. The Morgan fingerprint density at radius 1 is 1.29 bits per heavy atom. The topological polar surface area (TPSA) is 91.8 Å². The van der Waals surface area contributed by atoms with Crippen molar-refractivity contribution in [2.75, 3.05) is 36.9 Å². The molecule has 1 fully saturated rings. The molecule has 1 N–H and O–H groups in total. The molecule has 0 saturated carbocycles. The van der Waals surface area contributed by atoms with Crippen LogP contribution in [0.2, 0.25) is 0 Å². The van der Waals surface area contributed by atoms with E-state index in [4.69, 9.17) is 5.11 Å². The van der Waals surface area contributed by atoms with E-state index in [1.165, 1.54) is 24.3 Å². The van der Waals surface area contributed by atoms with Gasteiger partial charge in [-0.25, -0.2) is 13.2 Å². The van der Waals surface area contributed by atoms with Crippen molar-refractivity contribution in [3.8, 4) is 0 Å². The van der Waals surface area contributed by atoms with E-state index < -0.39 is 26.6 Å². The quantitative estimate of drug-likeness (QED) is 0.830. The summed E-state index contributed by atoms with van der Waals surface area (Å²) < 4.78 is 35.7. The van der Waals surface area contributed by atoms with Crippen molar-refractivity contribution in [2.45, 2.75) is 4.90 Å². The number of carboxylic acids is 1. The second-order valence-corrected chi connectivity index (χ2v) is 8.65. The van der Waals surface area contributed by atoms with Gasteiger partial charge in [0.15, 0.2) is 9.84 Å². The summed E-state index contributed by atoms with van der Waals surface area (Å²) in [5.74, 6) is -0.0585. The number of nitrogens with zero attached hydrogens (tertiary/aromatic N) is 1. The Bertz CT molecular complexity index is 646. The molecule has 116 valence electrons. The van der Waals surface area contributed by atoms with Gasteiger partial charge < -0.3 is 10.0 Å². The normalized spacial score (nSPS) is 17.7. The highest BCUT2D eigenvalue weighted by Crippen LogP contribution is 2.14. The van der Waals surface area contributed by atoms with Crippen molar-refractivity contribution >= 4 is 26.6 Å². The van der Waals surface area contributed by atoms with Gasteiger partial charge in [0, 0.05) is 41.9 Å². The molecular formula is C13H17NO5S2. The van der Waals surface area contributed by atoms with Gasteiger partial charge in [-0.3, -0.25) is 4.21 Å². The van der Waals surface area contributed by atoms with Gasteiger partial charge in [-0.15, -0.1) is 0 Å². The van der Waals surface area contributed by atoms with E-state index in [-0.39, 0.29) is 16.2 Å². The summed E-state index contributed by atoms with van der Waals surface area (Å²) in [6.45, 7) is 1.64. The van der Waals surface area contributed by atoms with Crippen molar-refractivity contribution in [3.05, 3.63) is 29.8 Å². The van der Waals surface area contributed by atoms with E-state index >= 15 is 0 Å². The van der Waals surface area contributed by atoms with Crippen LogP contribution in [-0.2, 0) is 20.6 Å². The summed E-state index contributed by atoms with van der Waals surface area (Å²) in [4.78, 5) is 12.9. The van der Waals surface area contributed by atoms with E-state index in [0.29, 0.717) is 31.1 Å². The summed E-state index contributed by atoms with van der Waals surface area (Å²) in [5.41, 5.74) is -0.0376. The number of rotatable bonds is 5. The molecule has 0 spiro atoms. The second-order valence-electron chi connectivity index (χ2n) is 4.84. The van der Waals surface area contributed by atoms with Crippen LogP contribution in [0.3, 0.4) is 0 Å². The molecule has 0 aromatic heterocycles. The molecule has 1 heterocycles. The van der Waals surface area contributed by atoms with Crippen molar-refractivity contribution in [3.63, 3.8) is 0 Å². The molecule has 0 bridgehead atoms. The Hall–Kier alpha value is -1.25.